The van der Waals surface area contributed by atoms with Gasteiger partial charge in [0.2, 0.25) is 0 Å². The lowest BCUT2D eigenvalue weighted by Crippen LogP contribution is -2.38. The standard InChI is InChI=1S/C12H14F2N2O2/c1-16(7-4-5-18-6-7)12(17)10-8(13)2-3-9(15)11(10)14/h2-3,7H,4-6,15H2,1H3. The van der Waals surface area contributed by atoms with E-state index in [9.17, 15) is 13.6 Å². The molecular weight excluding hydrogens is 242 g/mol. The Labute approximate surface area is 103 Å². The summed E-state index contributed by atoms with van der Waals surface area (Å²) in [6.45, 7) is 0.929. The summed E-state index contributed by atoms with van der Waals surface area (Å²) in [6.07, 6.45) is 0.661. The summed E-state index contributed by atoms with van der Waals surface area (Å²) in [6, 6.07) is 1.93. The molecule has 1 amide bonds. The number of hydrogen-bond acceptors (Lipinski definition) is 3. The van der Waals surface area contributed by atoms with E-state index in [1.54, 1.807) is 0 Å². The number of benzene rings is 1. The quantitative estimate of drug-likeness (QED) is 0.814. The van der Waals surface area contributed by atoms with Crippen LogP contribution in [0.5, 0.6) is 0 Å². The Kier molecular flexibility index (Phi) is 3.47. The highest BCUT2D eigenvalue weighted by molar-refractivity contribution is 5.95. The second kappa shape index (κ2) is 4.89. The molecule has 1 aliphatic rings. The molecule has 18 heavy (non-hydrogen) atoms. The van der Waals surface area contributed by atoms with E-state index < -0.39 is 23.1 Å². The Hall–Kier alpha value is -1.69. The van der Waals surface area contributed by atoms with Crippen LogP contribution in [0.15, 0.2) is 12.1 Å². The van der Waals surface area contributed by atoms with E-state index in [1.807, 2.05) is 0 Å². The first-order valence-corrected chi connectivity index (χ1v) is 5.60. The van der Waals surface area contributed by atoms with Crippen LogP contribution in [0.1, 0.15) is 16.8 Å². The van der Waals surface area contributed by atoms with Crippen molar-refractivity contribution in [3.05, 3.63) is 29.3 Å². The number of carbonyl (C=O) groups excluding carboxylic acids is 1. The predicted molar refractivity (Wildman–Crippen MR) is 62.1 cm³/mol. The van der Waals surface area contributed by atoms with Gasteiger partial charge in [-0.15, -0.1) is 0 Å². The summed E-state index contributed by atoms with van der Waals surface area (Å²) in [5, 5.41) is 0. The van der Waals surface area contributed by atoms with Crippen molar-refractivity contribution in [1.82, 2.24) is 4.90 Å². The van der Waals surface area contributed by atoms with E-state index in [4.69, 9.17) is 10.5 Å². The van der Waals surface area contributed by atoms with Gasteiger partial charge in [0, 0.05) is 13.7 Å². The molecule has 1 aromatic rings. The van der Waals surface area contributed by atoms with E-state index in [1.165, 1.54) is 11.9 Å². The number of ether oxygens (including phenoxy) is 1. The monoisotopic (exact) mass is 256 g/mol. The van der Waals surface area contributed by atoms with Gasteiger partial charge in [0.25, 0.3) is 5.91 Å². The van der Waals surface area contributed by atoms with Gasteiger partial charge in [0.1, 0.15) is 11.4 Å². The molecule has 0 aliphatic carbocycles. The van der Waals surface area contributed by atoms with Gasteiger partial charge in [0.05, 0.1) is 18.3 Å². The summed E-state index contributed by atoms with van der Waals surface area (Å²) in [5.74, 6) is -2.63. The van der Waals surface area contributed by atoms with Gasteiger partial charge in [-0.2, -0.15) is 0 Å². The van der Waals surface area contributed by atoms with Gasteiger partial charge < -0.3 is 15.4 Å². The normalized spacial score (nSPS) is 18.9. The lowest BCUT2D eigenvalue weighted by atomic mass is 10.1. The number of amides is 1. The van der Waals surface area contributed by atoms with Crippen LogP contribution in [-0.4, -0.2) is 37.1 Å². The van der Waals surface area contributed by atoms with E-state index in [-0.39, 0.29) is 11.7 Å². The highest BCUT2D eigenvalue weighted by atomic mass is 19.1. The van der Waals surface area contributed by atoms with Crippen molar-refractivity contribution in [2.24, 2.45) is 0 Å². The highest BCUT2D eigenvalue weighted by Gasteiger charge is 2.29. The molecule has 1 atom stereocenters. The maximum absolute atomic E-state index is 13.7. The van der Waals surface area contributed by atoms with Crippen LogP contribution >= 0.6 is 0 Å². The van der Waals surface area contributed by atoms with E-state index in [2.05, 4.69) is 0 Å². The average molecular weight is 256 g/mol. The lowest BCUT2D eigenvalue weighted by Gasteiger charge is -2.23. The van der Waals surface area contributed by atoms with E-state index >= 15 is 0 Å². The van der Waals surface area contributed by atoms with Gasteiger partial charge in [-0.05, 0) is 18.6 Å². The van der Waals surface area contributed by atoms with Crippen LogP contribution in [-0.2, 0) is 4.74 Å². The Bertz CT molecular complexity index is 473. The molecule has 0 radical (unpaired) electrons. The summed E-state index contributed by atoms with van der Waals surface area (Å²) >= 11 is 0. The summed E-state index contributed by atoms with van der Waals surface area (Å²) < 4.78 is 32.4. The minimum Gasteiger partial charge on any atom is -0.396 e. The first-order chi connectivity index (χ1) is 8.52. The number of nitrogens with two attached hydrogens (primary N) is 1. The molecule has 98 valence electrons. The number of nitrogen functional groups attached to an aromatic ring is 1. The van der Waals surface area contributed by atoms with Crippen LogP contribution in [0.4, 0.5) is 14.5 Å². The molecule has 1 saturated heterocycles. The van der Waals surface area contributed by atoms with Crippen molar-refractivity contribution in [2.45, 2.75) is 12.5 Å². The number of nitrogens with zero attached hydrogens (tertiary/aromatic N) is 1. The number of likely N-dealkylation sites (N-methyl/N-ethyl adjacent to an activating group) is 1. The van der Waals surface area contributed by atoms with Gasteiger partial charge in [-0.25, -0.2) is 8.78 Å². The smallest absolute Gasteiger partial charge is 0.259 e. The second-order valence-electron chi connectivity index (χ2n) is 4.26. The largest absolute Gasteiger partial charge is 0.396 e. The van der Waals surface area contributed by atoms with Crippen LogP contribution in [0.25, 0.3) is 0 Å². The molecule has 1 fully saturated rings. The molecule has 0 aromatic heterocycles. The van der Waals surface area contributed by atoms with Crippen molar-refractivity contribution in [3.63, 3.8) is 0 Å². The Balaban J connectivity index is 2.30. The number of hydrogen-bond donors (Lipinski definition) is 1. The molecule has 1 aliphatic heterocycles. The molecule has 1 heterocycles. The Morgan fingerprint density at radius 1 is 1.50 bits per heavy atom. The van der Waals surface area contributed by atoms with Gasteiger partial charge in [-0.3, -0.25) is 4.79 Å². The van der Waals surface area contributed by atoms with Gasteiger partial charge in [-0.1, -0.05) is 0 Å². The molecule has 4 nitrogen and oxygen atoms in total. The van der Waals surface area contributed by atoms with Crippen LogP contribution in [0.2, 0.25) is 0 Å². The molecule has 2 N–H and O–H groups in total. The molecule has 1 aromatic carbocycles. The molecular formula is C12H14F2N2O2. The fraction of sp³-hybridized carbons (Fsp3) is 0.417. The molecule has 6 heteroatoms. The molecule has 0 saturated carbocycles. The lowest BCUT2D eigenvalue weighted by molar-refractivity contribution is 0.0701. The maximum Gasteiger partial charge on any atom is 0.259 e. The van der Waals surface area contributed by atoms with Crippen LogP contribution in [0.3, 0.4) is 0 Å². The summed E-state index contributed by atoms with van der Waals surface area (Å²) in [4.78, 5) is 13.4. The highest BCUT2D eigenvalue weighted by Crippen LogP contribution is 2.22. The third kappa shape index (κ3) is 2.15. The Morgan fingerprint density at radius 3 is 2.83 bits per heavy atom. The van der Waals surface area contributed by atoms with E-state index in [0.29, 0.717) is 19.6 Å². The maximum atomic E-state index is 13.7. The average Bonchev–Trinajstić information content (AvgIpc) is 2.87. The SMILES string of the molecule is CN(C(=O)c1c(F)ccc(N)c1F)C1CCOC1. The van der Waals surface area contributed by atoms with Crippen molar-refractivity contribution < 1.29 is 18.3 Å². The second-order valence-corrected chi connectivity index (χ2v) is 4.26. The summed E-state index contributed by atoms with van der Waals surface area (Å²) in [7, 11) is 1.50. The fourth-order valence-corrected chi connectivity index (χ4v) is 1.93. The van der Waals surface area contributed by atoms with Crippen molar-refractivity contribution in [3.8, 4) is 0 Å². The topological polar surface area (TPSA) is 55.6 Å². The number of anilines is 1. The third-order valence-corrected chi connectivity index (χ3v) is 3.11. The van der Waals surface area contributed by atoms with Crippen molar-refractivity contribution in [2.75, 3.05) is 26.0 Å². The first kappa shape index (κ1) is 12.8. The fourth-order valence-electron chi connectivity index (χ4n) is 1.93. The van der Waals surface area contributed by atoms with Gasteiger partial charge in [0.15, 0.2) is 5.82 Å². The minimum atomic E-state index is -1.01. The molecule has 0 bridgehead atoms. The number of halogens is 2. The van der Waals surface area contributed by atoms with Crippen LogP contribution in [0, 0.1) is 11.6 Å². The zero-order chi connectivity index (χ0) is 13.3. The van der Waals surface area contributed by atoms with Crippen LogP contribution < -0.4 is 5.73 Å². The minimum absolute atomic E-state index is 0.155. The number of carbonyl (C=O) groups is 1. The number of rotatable bonds is 2. The van der Waals surface area contributed by atoms with E-state index in [0.717, 1.165) is 12.1 Å². The summed E-state index contributed by atoms with van der Waals surface area (Å²) in [5.41, 5.74) is 4.50. The van der Waals surface area contributed by atoms with Crippen molar-refractivity contribution >= 4 is 11.6 Å². The predicted octanol–water partition coefficient (Wildman–Crippen LogP) is 1.41. The van der Waals surface area contributed by atoms with Crippen molar-refractivity contribution in [1.29, 1.82) is 0 Å². The Morgan fingerprint density at radius 2 is 2.22 bits per heavy atom. The molecule has 0 spiro atoms. The van der Waals surface area contributed by atoms with Gasteiger partial charge >= 0.3 is 0 Å². The molecule has 2 rings (SSSR count). The zero-order valence-electron chi connectivity index (χ0n) is 9.95. The zero-order valence-corrected chi connectivity index (χ0v) is 9.95. The molecule has 1 unspecified atom stereocenters. The third-order valence-electron chi connectivity index (χ3n) is 3.11. The first-order valence-electron chi connectivity index (χ1n) is 5.60.